The predicted octanol–water partition coefficient (Wildman–Crippen LogP) is 2.76. The van der Waals surface area contributed by atoms with Gasteiger partial charge in [0.05, 0.1) is 17.8 Å². The molecule has 10 nitrogen and oxygen atoms in total. The molecule has 5 rings (SSSR count). The second-order valence-corrected chi connectivity index (χ2v) is 8.75. The van der Waals surface area contributed by atoms with Crippen molar-refractivity contribution in [3.63, 3.8) is 0 Å². The molecule has 1 unspecified atom stereocenters. The lowest BCUT2D eigenvalue weighted by molar-refractivity contribution is -0.120. The molecule has 2 amide bonds. The topological polar surface area (TPSA) is 118 Å². The van der Waals surface area contributed by atoms with Gasteiger partial charge in [-0.25, -0.2) is 19.9 Å². The van der Waals surface area contributed by atoms with Crippen molar-refractivity contribution in [1.82, 2.24) is 24.5 Å². The molecule has 33 heavy (non-hydrogen) atoms. The van der Waals surface area contributed by atoms with Crippen LogP contribution in [0.1, 0.15) is 44.9 Å². The predicted molar refractivity (Wildman–Crippen MR) is 125 cm³/mol. The zero-order valence-electron chi connectivity index (χ0n) is 18.8. The Hall–Kier alpha value is -3.56. The number of aryl methyl sites for hydroxylation is 2. The van der Waals surface area contributed by atoms with Gasteiger partial charge in [0.25, 0.3) is 0 Å². The number of nitrogens with zero attached hydrogens (tertiary/aromatic N) is 6. The number of nitrogens with one attached hydrogen (secondary N) is 2. The summed E-state index contributed by atoms with van der Waals surface area (Å²) in [6.45, 7) is 3.79. The van der Waals surface area contributed by atoms with Crippen LogP contribution >= 0.6 is 0 Å². The van der Waals surface area contributed by atoms with Gasteiger partial charge in [-0.2, -0.15) is 0 Å². The standard InChI is InChI=1S/C23H28N8O2/c1-15(32)27-18-9-8-17(12-24-18)28-23(33)16-6-5-10-30(13-16)21-20-22(26-14-25-21)31-11-4-2-3-7-19(31)29-20/h8-9,12,14,16H,2-7,10-11,13H2,1H3,(H,28,33)(H,24,27,32). The smallest absolute Gasteiger partial charge is 0.229 e. The first-order valence-corrected chi connectivity index (χ1v) is 11.6. The molecule has 1 saturated heterocycles. The van der Waals surface area contributed by atoms with E-state index in [-0.39, 0.29) is 17.7 Å². The van der Waals surface area contributed by atoms with Crippen LogP contribution in [0.2, 0.25) is 0 Å². The van der Waals surface area contributed by atoms with Crippen LogP contribution in [-0.2, 0) is 22.6 Å². The lowest BCUT2D eigenvalue weighted by Crippen LogP contribution is -2.41. The molecule has 2 aliphatic rings. The van der Waals surface area contributed by atoms with E-state index in [1.165, 1.54) is 13.3 Å². The molecule has 2 N–H and O–H groups in total. The molecule has 0 bridgehead atoms. The third kappa shape index (κ3) is 4.50. The third-order valence-corrected chi connectivity index (χ3v) is 6.30. The average Bonchev–Trinajstić information content (AvgIpc) is 3.01. The number of pyridine rings is 1. The summed E-state index contributed by atoms with van der Waals surface area (Å²) in [5, 5.41) is 5.57. The molecule has 172 valence electrons. The van der Waals surface area contributed by atoms with Crippen LogP contribution in [0.3, 0.4) is 0 Å². The quantitative estimate of drug-likeness (QED) is 0.630. The molecule has 1 atom stereocenters. The van der Waals surface area contributed by atoms with Crippen molar-refractivity contribution in [2.24, 2.45) is 5.92 Å². The molecule has 10 heteroatoms. The van der Waals surface area contributed by atoms with Gasteiger partial charge in [-0.15, -0.1) is 0 Å². The van der Waals surface area contributed by atoms with Gasteiger partial charge in [-0.05, 0) is 37.8 Å². The van der Waals surface area contributed by atoms with Crippen molar-refractivity contribution in [3.8, 4) is 0 Å². The first kappa shape index (κ1) is 21.3. The Kier molecular flexibility index (Phi) is 5.89. The lowest BCUT2D eigenvalue weighted by Gasteiger charge is -2.32. The Morgan fingerprint density at radius 3 is 2.76 bits per heavy atom. The second-order valence-electron chi connectivity index (χ2n) is 8.75. The highest BCUT2D eigenvalue weighted by Gasteiger charge is 2.29. The zero-order valence-corrected chi connectivity index (χ0v) is 18.8. The zero-order chi connectivity index (χ0) is 22.8. The van der Waals surface area contributed by atoms with Gasteiger partial charge in [0.15, 0.2) is 17.0 Å². The maximum Gasteiger partial charge on any atom is 0.229 e. The summed E-state index contributed by atoms with van der Waals surface area (Å²) in [6, 6.07) is 3.41. The highest BCUT2D eigenvalue weighted by atomic mass is 16.2. The maximum atomic E-state index is 13.0. The van der Waals surface area contributed by atoms with E-state index in [9.17, 15) is 9.59 Å². The summed E-state index contributed by atoms with van der Waals surface area (Å²) in [5.41, 5.74) is 2.34. The maximum absolute atomic E-state index is 13.0. The fraction of sp³-hybridized carbons (Fsp3) is 0.478. The Bertz CT molecular complexity index is 1170. The van der Waals surface area contributed by atoms with Crippen LogP contribution in [-0.4, -0.2) is 49.4 Å². The van der Waals surface area contributed by atoms with Crippen LogP contribution in [0.25, 0.3) is 11.2 Å². The van der Waals surface area contributed by atoms with Gasteiger partial charge < -0.3 is 20.1 Å². The largest absolute Gasteiger partial charge is 0.354 e. The Balaban J connectivity index is 1.31. The molecule has 0 radical (unpaired) electrons. The lowest BCUT2D eigenvalue weighted by atomic mass is 9.97. The Morgan fingerprint density at radius 1 is 1.03 bits per heavy atom. The first-order chi connectivity index (χ1) is 16.1. The monoisotopic (exact) mass is 448 g/mol. The van der Waals surface area contributed by atoms with E-state index in [1.807, 2.05) is 0 Å². The SMILES string of the molecule is CC(=O)Nc1ccc(NC(=O)C2CCCN(c3ncnc4c3nc3n4CCCCC3)C2)cn1. The number of fused-ring (bicyclic) bond motifs is 3. The number of carbonyl (C=O) groups is 2. The molecule has 0 saturated carbocycles. The molecule has 3 aromatic heterocycles. The van der Waals surface area contributed by atoms with E-state index in [4.69, 9.17) is 4.98 Å². The summed E-state index contributed by atoms with van der Waals surface area (Å²) in [5.74, 6) is 1.97. The highest BCUT2D eigenvalue weighted by molar-refractivity contribution is 5.94. The number of amides is 2. The fourth-order valence-corrected chi connectivity index (χ4v) is 4.71. The molecular weight excluding hydrogens is 420 g/mol. The molecule has 3 aromatic rings. The van der Waals surface area contributed by atoms with E-state index in [0.29, 0.717) is 18.1 Å². The number of rotatable bonds is 4. The molecule has 0 aliphatic carbocycles. The normalized spacial score (nSPS) is 18.5. The first-order valence-electron chi connectivity index (χ1n) is 11.6. The Labute approximate surface area is 191 Å². The number of carbonyl (C=O) groups excluding carboxylic acids is 2. The van der Waals surface area contributed by atoms with Crippen LogP contribution in [0, 0.1) is 5.92 Å². The number of piperidine rings is 1. The van der Waals surface area contributed by atoms with Crippen molar-refractivity contribution in [2.75, 3.05) is 28.6 Å². The Morgan fingerprint density at radius 2 is 1.94 bits per heavy atom. The van der Waals surface area contributed by atoms with E-state index in [1.54, 1.807) is 24.7 Å². The third-order valence-electron chi connectivity index (χ3n) is 6.30. The molecule has 0 aromatic carbocycles. The van der Waals surface area contributed by atoms with Gasteiger partial charge in [-0.1, -0.05) is 6.42 Å². The molecular formula is C23H28N8O2. The highest BCUT2D eigenvalue weighted by Crippen LogP contribution is 2.29. The summed E-state index contributed by atoms with van der Waals surface area (Å²) in [7, 11) is 0. The van der Waals surface area contributed by atoms with Crippen molar-refractivity contribution in [3.05, 3.63) is 30.5 Å². The number of aromatic nitrogens is 5. The minimum atomic E-state index is -0.186. The number of anilines is 3. The van der Waals surface area contributed by atoms with Crippen LogP contribution in [0.5, 0.6) is 0 Å². The molecule has 0 spiro atoms. The van der Waals surface area contributed by atoms with Gasteiger partial charge in [0, 0.05) is 33.0 Å². The van der Waals surface area contributed by atoms with Crippen LogP contribution < -0.4 is 15.5 Å². The second kappa shape index (κ2) is 9.13. The summed E-state index contributed by atoms with van der Waals surface area (Å²) in [4.78, 5) is 44.5. The van der Waals surface area contributed by atoms with Gasteiger partial charge in [0.2, 0.25) is 11.8 Å². The van der Waals surface area contributed by atoms with Crippen molar-refractivity contribution in [1.29, 1.82) is 0 Å². The van der Waals surface area contributed by atoms with Crippen LogP contribution in [0.15, 0.2) is 24.7 Å². The average molecular weight is 449 g/mol. The summed E-state index contributed by atoms with van der Waals surface area (Å²) in [6.07, 6.45) is 9.36. The summed E-state index contributed by atoms with van der Waals surface area (Å²) >= 11 is 0. The van der Waals surface area contributed by atoms with E-state index in [2.05, 4.69) is 35.1 Å². The van der Waals surface area contributed by atoms with Crippen LogP contribution in [0.4, 0.5) is 17.3 Å². The van der Waals surface area contributed by atoms with Crippen molar-refractivity contribution in [2.45, 2.75) is 52.0 Å². The van der Waals surface area contributed by atoms with Gasteiger partial charge in [-0.3, -0.25) is 9.59 Å². The van der Waals surface area contributed by atoms with Gasteiger partial charge in [0.1, 0.15) is 18.0 Å². The number of imidazole rings is 1. The minimum absolute atomic E-state index is 0.0419. The fourth-order valence-electron chi connectivity index (χ4n) is 4.71. The van der Waals surface area contributed by atoms with E-state index >= 15 is 0 Å². The molecule has 1 fully saturated rings. The molecule has 2 aliphatic heterocycles. The summed E-state index contributed by atoms with van der Waals surface area (Å²) < 4.78 is 2.24. The minimum Gasteiger partial charge on any atom is -0.354 e. The van der Waals surface area contributed by atoms with Crippen molar-refractivity contribution < 1.29 is 9.59 Å². The molecule has 5 heterocycles. The van der Waals surface area contributed by atoms with Crippen molar-refractivity contribution >= 4 is 40.3 Å². The van der Waals surface area contributed by atoms with E-state index < -0.39 is 0 Å². The number of hydrogen-bond donors (Lipinski definition) is 2. The van der Waals surface area contributed by atoms with Gasteiger partial charge >= 0.3 is 0 Å². The number of hydrogen-bond acceptors (Lipinski definition) is 7. The van der Waals surface area contributed by atoms with E-state index in [0.717, 1.165) is 68.0 Å².